The van der Waals surface area contributed by atoms with Crippen molar-refractivity contribution in [3.05, 3.63) is 24.3 Å². The Morgan fingerprint density at radius 3 is 2.74 bits per heavy atom. The maximum atomic E-state index is 12.4. The highest BCUT2D eigenvalue weighted by atomic mass is 35.5. The monoisotopic (exact) mass is 345 g/mol. The van der Waals surface area contributed by atoms with Crippen LogP contribution in [0.4, 0.5) is 10.1 Å². The lowest BCUT2D eigenvalue weighted by atomic mass is 10.1. The second-order valence-corrected chi connectivity index (χ2v) is 5.00. The summed E-state index contributed by atoms with van der Waals surface area (Å²) in [5, 5.41) is 5.73. The van der Waals surface area contributed by atoms with Crippen LogP contribution in [0, 0.1) is 0 Å². The molecule has 1 aliphatic heterocycles. The van der Waals surface area contributed by atoms with Gasteiger partial charge in [0.05, 0.1) is 19.6 Å². The third-order valence-electron chi connectivity index (χ3n) is 3.50. The molecule has 1 unspecified atom stereocenters. The first-order valence-electron chi connectivity index (χ1n) is 7.16. The molecule has 1 aliphatic rings. The minimum atomic E-state index is -0.599. The van der Waals surface area contributed by atoms with E-state index in [2.05, 4.69) is 10.6 Å². The number of amides is 2. The quantitative estimate of drug-likeness (QED) is 0.813. The summed E-state index contributed by atoms with van der Waals surface area (Å²) in [5.74, 6) is 0.205. The van der Waals surface area contributed by atoms with E-state index in [0.717, 1.165) is 0 Å². The number of hydrogen-bond donors (Lipinski definition) is 2. The maximum Gasteiger partial charge on any atom is 0.240 e. The number of hydrogen-bond acceptors (Lipinski definition) is 4. The summed E-state index contributed by atoms with van der Waals surface area (Å²) in [5.41, 5.74) is 0.634. The summed E-state index contributed by atoms with van der Waals surface area (Å²) in [4.78, 5) is 25.6. The van der Waals surface area contributed by atoms with Gasteiger partial charge in [0, 0.05) is 25.3 Å². The van der Waals surface area contributed by atoms with Crippen LogP contribution in [-0.2, 0) is 9.59 Å². The van der Waals surface area contributed by atoms with Crippen LogP contribution in [0.2, 0.25) is 0 Å². The number of benzene rings is 1. The molecule has 1 heterocycles. The van der Waals surface area contributed by atoms with Gasteiger partial charge in [0.2, 0.25) is 11.8 Å². The Labute approximate surface area is 140 Å². The fourth-order valence-electron chi connectivity index (χ4n) is 2.35. The number of ether oxygens (including phenoxy) is 1. The van der Waals surface area contributed by atoms with Crippen LogP contribution < -0.4 is 15.4 Å². The van der Waals surface area contributed by atoms with Gasteiger partial charge in [-0.2, -0.15) is 0 Å². The minimum Gasteiger partial charge on any atom is -0.497 e. The zero-order chi connectivity index (χ0) is 15.9. The number of anilines is 1. The molecule has 0 spiro atoms. The fraction of sp³-hybridized carbons (Fsp3) is 0.467. The maximum absolute atomic E-state index is 12.4. The molecule has 0 aromatic heterocycles. The Kier molecular flexibility index (Phi) is 7.77. The molecule has 0 aliphatic carbocycles. The van der Waals surface area contributed by atoms with Crippen molar-refractivity contribution in [1.29, 1.82) is 0 Å². The van der Waals surface area contributed by atoms with Gasteiger partial charge in [0.25, 0.3) is 0 Å². The van der Waals surface area contributed by atoms with Gasteiger partial charge in [0.1, 0.15) is 12.4 Å². The Balaban J connectivity index is 0.00000264. The Morgan fingerprint density at radius 1 is 1.43 bits per heavy atom. The summed E-state index contributed by atoms with van der Waals surface area (Å²) in [7, 11) is 1.57. The summed E-state index contributed by atoms with van der Waals surface area (Å²) >= 11 is 0. The van der Waals surface area contributed by atoms with Crippen LogP contribution in [0.3, 0.4) is 0 Å². The zero-order valence-electron chi connectivity index (χ0n) is 12.9. The molecule has 1 saturated heterocycles. The number of piperazine rings is 1. The number of nitrogens with one attached hydrogen (secondary N) is 2. The minimum absolute atomic E-state index is 0. The smallest absolute Gasteiger partial charge is 0.240 e. The van der Waals surface area contributed by atoms with E-state index in [-0.39, 0.29) is 37.2 Å². The Bertz CT molecular complexity index is 525. The van der Waals surface area contributed by atoms with Crippen molar-refractivity contribution in [2.75, 3.05) is 38.7 Å². The average molecular weight is 346 g/mol. The van der Waals surface area contributed by atoms with Crippen molar-refractivity contribution in [2.24, 2.45) is 0 Å². The normalized spacial score (nSPS) is 17.4. The van der Waals surface area contributed by atoms with Crippen LogP contribution in [0.15, 0.2) is 24.3 Å². The fourth-order valence-corrected chi connectivity index (χ4v) is 2.35. The first-order chi connectivity index (χ1) is 10.6. The van der Waals surface area contributed by atoms with Gasteiger partial charge >= 0.3 is 0 Å². The number of rotatable bonds is 6. The van der Waals surface area contributed by atoms with E-state index in [9.17, 15) is 14.0 Å². The Morgan fingerprint density at radius 2 is 2.13 bits per heavy atom. The third-order valence-corrected chi connectivity index (χ3v) is 3.50. The van der Waals surface area contributed by atoms with Crippen molar-refractivity contribution in [3.63, 3.8) is 0 Å². The number of nitrogens with zero attached hydrogens (tertiary/aromatic N) is 1. The zero-order valence-corrected chi connectivity index (χ0v) is 13.7. The van der Waals surface area contributed by atoms with E-state index in [1.54, 1.807) is 31.4 Å². The van der Waals surface area contributed by atoms with Crippen LogP contribution in [-0.4, -0.2) is 56.2 Å². The van der Waals surface area contributed by atoms with Crippen LogP contribution in [0.5, 0.6) is 5.75 Å². The average Bonchev–Trinajstić information content (AvgIpc) is 2.52. The predicted molar refractivity (Wildman–Crippen MR) is 87.8 cm³/mol. The van der Waals surface area contributed by atoms with Crippen molar-refractivity contribution in [2.45, 2.75) is 12.5 Å². The van der Waals surface area contributed by atoms with Crippen LogP contribution in [0.25, 0.3) is 0 Å². The van der Waals surface area contributed by atoms with E-state index in [0.29, 0.717) is 24.5 Å². The second kappa shape index (κ2) is 9.32. The van der Waals surface area contributed by atoms with Crippen LogP contribution >= 0.6 is 12.4 Å². The standard InChI is InChI=1S/C15H20FN3O3.ClH/c1-22-12-4-2-11(3-5-12)18-14(20)10-13-15(21)19(8-6-16)9-7-17-13;/h2-5,13,17H,6-10H2,1H3,(H,18,20);1H. The lowest BCUT2D eigenvalue weighted by Crippen LogP contribution is -2.56. The summed E-state index contributed by atoms with van der Waals surface area (Å²) in [6.07, 6.45) is 0.0215. The van der Waals surface area contributed by atoms with Gasteiger partial charge in [0.15, 0.2) is 0 Å². The predicted octanol–water partition coefficient (Wildman–Crippen LogP) is 1.22. The molecule has 128 valence electrons. The lowest BCUT2D eigenvalue weighted by molar-refractivity contribution is -0.137. The largest absolute Gasteiger partial charge is 0.497 e. The van der Waals surface area contributed by atoms with E-state index in [4.69, 9.17) is 4.74 Å². The highest BCUT2D eigenvalue weighted by Gasteiger charge is 2.29. The van der Waals surface area contributed by atoms with Gasteiger partial charge in [-0.3, -0.25) is 9.59 Å². The molecule has 2 N–H and O–H groups in total. The lowest BCUT2D eigenvalue weighted by Gasteiger charge is -2.32. The molecular formula is C15H21ClFN3O3. The molecule has 23 heavy (non-hydrogen) atoms. The topological polar surface area (TPSA) is 70.7 Å². The van der Waals surface area contributed by atoms with Crippen molar-refractivity contribution >= 4 is 29.9 Å². The summed E-state index contributed by atoms with van der Waals surface area (Å²) in [6.45, 7) is 0.541. The SMILES string of the molecule is COc1ccc(NC(=O)CC2NCCN(CCF)C2=O)cc1.Cl. The molecule has 0 bridgehead atoms. The van der Waals surface area contributed by atoms with Crippen LogP contribution in [0.1, 0.15) is 6.42 Å². The molecule has 1 atom stereocenters. The number of alkyl halides is 1. The van der Waals surface area contributed by atoms with Crippen molar-refractivity contribution in [3.8, 4) is 5.75 Å². The van der Waals surface area contributed by atoms with Gasteiger partial charge in [-0.05, 0) is 24.3 Å². The van der Waals surface area contributed by atoms with Gasteiger partial charge < -0.3 is 20.3 Å². The number of carbonyl (C=O) groups excluding carboxylic acids is 2. The number of methoxy groups -OCH3 is 1. The van der Waals surface area contributed by atoms with E-state index < -0.39 is 12.7 Å². The first-order valence-corrected chi connectivity index (χ1v) is 7.16. The molecule has 1 aromatic rings. The van der Waals surface area contributed by atoms with Crippen molar-refractivity contribution in [1.82, 2.24) is 10.2 Å². The number of carbonyl (C=O) groups is 2. The molecule has 6 nitrogen and oxygen atoms in total. The summed E-state index contributed by atoms with van der Waals surface area (Å²) in [6, 6.07) is 6.33. The molecule has 0 saturated carbocycles. The molecule has 0 radical (unpaired) electrons. The Hall–Kier alpha value is -1.86. The van der Waals surface area contributed by atoms with Crippen molar-refractivity contribution < 1.29 is 18.7 Å². The molecule has 2 rings (SSSR count). The second-order valence-electron chi connectivity index (χ2n) is 5.00. The van der Waals surface area contributed by atoms with E-state index in [1.807, 2.05) is 0 Å². The van der Waals surface area contributed by atoms with Gasteiger partial charge in [-0.25, -0.2) is 4.39 Å². The molecular weight excluding hydrogens is 325 g/mol. The summed E-state index contributed by atoms with van der Waals surface area (Å²) < 4.78 is 17.4. The highest BCUT2D eigenvalue weighted by Crippen LogP contribution is 2.15. The van der Waals surface area contributed by atoms with Gasteiger partial charge in [-0.15, -0.1) is 12.4 Å². The number of halogens is 2. The first kappa shape index (κ1) is 19.2. The van der Waals surface area contributed by atoms with E-state index in [1.165, 1.54) is 4.90 Å². The molecule has 8 heteroatoms. The van der Waals surface area contributed by atoms with E-state index >= 15 is 0 Å². The van der Waals surface area contributed by atoms with Gasteiger partial charge in [-0.1, -0.05) is 0 Å². The highest BCUT2D eigenvalue weighted by molar-refractivity contribution is 5.95. The molecule has 1 aromatic carbocycles. The molecule has 2 amide bonds. The molecule has 1 fully saturated rings. The third kappa shape index (κ3) is 5.37.